The van der Waals surface area contributed by atoms with E-state index in [0.717, 1.165) is 0 Å². The van der Waals surface area contributed by atoms with Gasteiger partial charge in [-0.1, -0.05) is 96.7 Å². The number of benzene rings is 8. The zero-order chi connectivity index (χ0) is 34.6. The lowest BCUT2D eigenvalue weighted by Crippen LogP contribution is -1.94. The Morgan fingerprint density at radius 1 is 0.321 bits per heavy atom. The molecule has 2 nitrogen and oxygen atoms in total. The van der Waals surface area contributed by atoms with E-state index in [0.29, 0.717) is 0 Å². The van der Waals surface area contributed by atoms with Gasteiger partial charge in [0.2, 0.25) is 0 Å². The molecule has 0 aliphatic carbocycles. The first-order valence-corrected chi connectivity index (χ1v) is 20.3. The highest BCUT2D eigenvalue weighted by Crippen LogP contribution is 2.44. The SMILES string of the molecule is c1ccc2c(c1)sc1cccc(-n3c4ccccc4c4cc(Sc5ccc6c(c5)c5ccccc5n6-c5cccc6sc7ccccc7c56)ccc43)c12. The van der Waals surface area contributed by atoms with Gasteiger partial charge in [-0.2, -0.15) is 0 Å². The van der Waals surface area contributed by atoms with Gasteiger partial charge in [0.15, 0.2) is 0 Å². The number of para-hydroxylation sites is 2. The molecule has 12 rings (SSSR count). The second-order valence-corrected chi connectivity index (χ2v) is 17.0. The van der Waals surface area contributed by atoms with Crippen LogP contribution in [0.1, 0.15) is 0 Å². The molecular formula is C48H28N2S3. The quantitative estimate of drug-likeness (QED) is 0.175. The molecule has 8 aromatic carbocycles. The monoisotopic (exact) mass is 728 g/mol. The topological polar surface area (TPSA) is 9.86 Å². The van der Waals surface area contributed by atoms with E-state index in [2.05, 4.69) is 179 Å². The van der Waals surface area contributed by atoms with E-state index in [1.54, 1.807) is 0 Å². The summed E-state index contributed by atoms with van der Waals surface area (Å²) in [5.41, 5.74) is 7.39. The van der Waals surface area contributed by atoms with Gasteiger partial charge in [-0.05, 0) is 84.9 Å². The van der Waals surface area contributed by atoms with Crippen molar-refractivity contribution in [1.82, 2.24) is 9.13 Å². The van der Waals surface area contributed by atoms with E-state index in [4.69, 9.17) is 0 Å². The minimum atomic E-state index is 1.23. The lowest BCUT2D eigenvalue weighted by atomic mass is 10.1. The van der Waals surface area contributed by atoms with Crippen molar-refractivity contribution in [2.45, 2.75) is 9.79 Å². The number of hydrogen-bond donors (Lipinski definition) is 0. The highest BCUT2D eigenvalue weighted by Gasteiger charge is 2.19. The average Bonchev–Trinajstić information content (AvgIpc) is 3.95. The van der Waals surface area contributed by atoms with E-state index in [1.165, 1.54) is 105 Å². The minimum absolute atomic E-state index is 1.23. The van der Waals surface area contributed by atoms with Gasteiger partial charge in [-0.3, -0.25) is 0 Å². The Bertz CT molecular complexity index is 3220. The maximum atomic E-state index is 2.47. The number of hydrogen-bond acceptors (Lipinski definition) is 3. The summed E-state index contributed by atoms with van der Waals surface area (Å²) in [6, 6.07) is 62.8. The Labute approximate surface area is 316 Å². The maximum Gasteiger partial charge on any atom is 0.0555 e. The van der Waals surface area contributed by atoms with Gasteiger partial charge in [-0.15, -0.1) is 22.7 Å². The Morgan fingerprint density at radius 3 is 1.21 bits per heavy atom. The summed E-state index contributed by atoms with van der Waals surface area (Å²) < 4.78 is 10.2. The molecule has 0 unspecified atom stereocenters. The van der Waals surface area contributed by atoms with Crippen LogP contribution in [0.2, 0.25) is 0 Å². The Hall–Kier alpha value is -5.85. The summed E-state index contributed by atoms with van der Waals surface area (Å²) in [4.78, 5) is 2.47. The van der Waals surface area contributed by atoms with E-state index in [1.807, 2.05) is 34.4 Å². The fraction of sp³-hybridized carbons (Fsp3) is 0. The molecule has 4 heterocycles. The molecule has 12 aromatic rings. The third-order valence-corrected chi connectivity index (χ3v) is 14.0. The summed E-state index contributed by atoms with van der Waals surface area (Å²) >= 11 is 5.59. The predicted octanol–water partition coefficient (Wildman–Crippen LogP) is 14.8. The molecule has 0 saturated carbocycles. The van der Waals surface area contributed by atoms with Crippen LogP contribution in [0.15, 0.2) is 180 Å². The fourth-order valence-electron chi connectivity index (χ4n) is 8.57. The van der Waals surface area contributed by atoms with Gasteiger partial charge in [0.25, 0.3) is 0 Å². The smallest absolute Gasteiger partial charge is 0.0555 e. The molecule has 248 valence electrons. The highest BCUT2D eigenvalue weighted by atomic mass is 32.2. The second kappa shape index (κ2) is 11.3. The standard InChI is InChI=1S/C48H28N2S3/c1-5-15-37-31(11-1)35-27-29(23-25-39(35)49(37)41-17-9-21-45-47(41)33-13-3-7-19-43(33)52-45)51-30-24-26-40-36(28-30)32-12-2-6-16-38(32)50(40)42-18-10-22-46-48(42)34-14-4-8-20-44(34)53-46/h1-28H. The molecule has 0 aliphatic heterocycles. The Kier molecular flexibility index (Phi) is 6.34. The van der Waals surface area contributed by atoms with Crippen LogP contribution in [0.25, 0.3) is 95.3 Å². The van der Waals surface area contributed by atoms with Gasteiger partial charge in [-0.25, -0.2) is 0 Å². The van der Waals surface area contributed by atoms with Crippen LogP contribution in [-0.2, 0) is 0 Å². The normalized spacial score (nSPS) is 12.2. The van der Waals surface area contributed by atoms with Crippen LogP contribution < -0.4 is 0 Å². The largest absolute Gasteiger partial charge is 0.309 e. The number of rotatable bonds is 4. The summed E-state index contributed by atoms with van der Waals surface area (Å²) in [6.07, 6.45) is 0. The zero-order valence-electron chi connectivity index (χ0n) is 28.3. The van der Waals surface area contributed by atoms with Crippen molar-refractivity contribution >= 4 is 118 Å². The van der Waals surface area contributed by atoms with Crippen molar-refractivity contribution in [3.05, 3.63) is 170 Å². The minimum Gasteiger partial charge on any atom is -0.309 e. The first-order valence-electron chi connectivity index (χ1n) is 17.8. The van der Waals surface area contributed by atoms with Gasteiger partial charge in [0.05, 0.1) is 33.4 Å². The van der Waals surface area contributed by atoms with E-state index in [-0.39, 0.29) is 0 Å². The third kappa shape index (κ3) is 4.33. The lowest BCUT2D eigenvalue weighted by molar-refractivity contribution is 1.20. The fourth-order valence-corrected chi connectivity index (χ4v) is 11.7. The van der Waals surface area contributed by atoms with Crippen molar-refractivity contribution in [3.8, 4) is 11.4 Å². The molecule has 5 heteroatoms. The van der Waals surface area contributed by atoms with Gasteiger partial charge >= 0.3 is 0 Å². The van der Waals surface area contributed by atoms with Crippen molar-refractivity contribution < 1.29 is 0 Å². The van der Waals surface area contributed by atoms with Crippen molar-refractivity contribution in [2.24, 2.45) is 0 Å². The molecule has 0 atom stereocenters. The van der Waals surface area contributed by atoms with Crippen LogP contribution in [0, 0.1) is 0 Å². The molecule has 0 N–H and O–H groups in total. The third-order valence-electron chi connectivity index (χ3n) is 10.8. The highest BCUT2D eigenvalue weighted by molar-refractivity contribution is 7.99. The lowest BCUT2D eigenvalue weighted by Gasteiger charge is -2.11. The number of aromatic nitrogens is 2. The van der Waals surface area contributed by atoms with Crippen LogP contribution >= 0.6 is 34.4 Å². The number of thiophene rings is 2. The van der Waals surface area contributed by atoms with Crippen molar-refractivity contribution in [2.75, 3.05) is 0 Å². The molecule has 0 aliphatic rings. The summed E-state index contributed by atoms with van der Waals surface area (Å²) in [7, 11) is 0. The summed E-state index contributed by atoms with van der Waals surface area (Å²) in [5, 5.41) is 10.4. The Balaban J connectivity index is 1.01. The first-order chi connectivity index (χ1) is 26.3. The molecule has 0 amide bonds. The predicted molar refractivity (Wildman–Crippen MR) is 231 cm³/mol. The molecule has 4 aromatic heterocycles. The zero-order valence-corrected chi connectivity index (χ0v) is 30.7. The van der Waals surface area contributed by atoms with Gasteiger partial charge < -0.3 is 9.13 Å². The number of nitrogens with zero attached hydrogens (tertiary/aromatic N) is 2. The van der Waals surface area contributed by atoms with Crippen LogP contribution in [0.3, 0.4) is 0 Å². The molecule has 0 fully saturated rings. The van der Waals surface area contributed by atoms with Crippen LogP contribution in [-0.4, -0.2) is 9.13 Å². The van der Waals surface area contributed by atoms with E-state index in [9.17, 15) is 0 Å². The first kappa shape index (κ1) is 29.7. The average molecular weight is 729 g/mol. The molecule has 0 bridgehead atoms. The summed E-state index contributed by atoms with van der Waals surface area (Å²) in [6.45, 7) is 0. The van der Waals surface area contributed by atoms with Crippen molar-refractivity contribution in [3.63, 3.8) is 0 Å². The van der Waals surface area contributed by atoms with E-state index < -0.39 is 0 Å². The van der Waals surface area contributed by atoms with Crippen LogP contribution in [0.4, 0.5) is 0 Å². The van der Waals surface area contributed by atoms with E-state index >= 15 is 0 Å². The number of fused-ring (bicyclic) bond motifs is 12. The molecule has 0 saturated heterocycles. The van der Waals surface area contributed by atoms with Crippen LogP contribution in [0.5, 0.6) is 0 Å². The molecule has 0 spiro atoms. The second-order valence-electron chi connectivity index (χ2n) is 13.7. The molecular weight excluding hydrogens is 701 g/mol. The maximum absolute atomic E-state index is 2.47. The van der Waals surface area contributed by atoms with Gasteiger partial charge in [0.1, 0.15) is 0 Å². The molecule has 53 heavy (non-hydrogen) atoms. The van der Waals surface area contributed by atoms with Crippen molar-refractivity contribution in [1.29, 1.82) is 0 Å². The van der Waals surface area contributed by atoms with Gasteiger partial charge in [0, 0.05) is 71.7 Å². The molecule has 0 radical (unpaired) electrons. The summed E-state index contributed by atoms with van der Waals surface area (Å²) in [5.74, 6) is 0. The Morgan fingerprint density at radius 2 is 0.717 bits per heavy atom.